The molecule has 1 saturated heterocycles. The summed E-state index contributed by atoms with van der Waals surface area (Å²) in [6, 6.07) is 0.0759. The molecule has 1 aliphatic carbocycles. The van der Waals surface area contributed by atoms with Crippen LogP contribution in [-0.2, 0) is 4.74 Å². The van der Waals surface area contributed by atoms with Gasteiger partial charge in [-0.05, 0) is 65.4 Å². The van der Waals surface area contributed by atoms with Gasteiger partial charge in [0.05, 0.1) is 29.3 Å². The highest BCUT2D eigenvalue weighted by molar-refractivity contribution is 5.69. The summed E-state index contributed by atoms with van der Waals surface area (Å²) >= 11 is 0. The third kappa shape index (κ3) is 3.94. The van der Waals surface area contributed by atoms with Gasteiger partial charge in [0.2, 0.25) is 0 Å². The molecule has 2 fully saturated rings. The Morgan fingerprint density at radius 2 is 2.00 bits per heavy atom. The van der Waals surface area contributed by atoms with E-state index in [1.54, 1.807) is 6.20 Å². The maximum Gasteiger partial charge on any atom is 0.410 e. The second-order valence-corrected chi connectivity index (χ2v) is 8.02. The Balaban J connectivity index is 1.74. The highest BCUT2D eigenvalue weighted by Crippen LogP contribution is 2.47. The van der Waals surface area contributed by atoms with Gasteiger partial charge in [-0.2, -0.15) is 0 Å². The number of likely N-dealkylation sites (tertiary alicyclic amines) is 1. The Hall–Kier alpha value is -1.91. The normalized spacial score (nSPS) is 26.4. The molecule has 0 unspecified atom stereocenters. The maximum atomic E-state index is 12.5. The predicted molar refractivity (Wildman–Crippen MR) is 93.5 cm³/mol. The third-order valence-electron chi connectivity index (χ3n) is 4.77. The SMILES string of the molecule is Cc1ncc(C=C[C@@H]2C[C@H]3C[C@H]3CN2C(=O)OC(C)(C)C)nc1C. The van der Waals surface area contributed by atoms with Gasteiger partial charge in [0.25, 0.3) is 0 Å². The molecular weight excluding hydrogens is 302 g/mol. The Labute approximate surface area is 144 Å². The summed E-state index contributed by atoms with van der Waals surface area (Å²) in [6.07, 6.45) is 7.86. The van der Waals surface area contributed by atoms with Gasteiger partial charge in [0.15, 0.2) is 0 Å². The largest absolute Gasteiger partial charge is 0.444 e. The molecule has 24 heavy (non-hydrogen) atoms. The Bertz CT molecular complexity index is 663. The molecule has 0 aromatic carbocycles. The summed E-state index contributed by atoms with van der Waals surface area (Å²) in [5, 5.41) is 0. The lowest BCUT2D eigenvalue weighted by Gasteiger charge is -2.35. The van der Waals surface area contributed by atoms with Gasteiger partial charge in [-0.15, -0.1) is 0 Å². The molecule has 0 spiro atoms. The van der Waals surface area contributed by atoms with Crippen molar-refractivity contribution in [2.24, 2.45) is 11.8 Å². The molecule has 1 aromatic rings. The van der Waals surface area contributed by atoms with Crippen LogP contribution in [-0.4, -0.2) is 39.1 Å². The molecule has 0 radical (unpaired) electrons. The molecule has 1 saturated carbocycles. The fourth-order valence-corrected chi connectivity index (χ4v) is 3.21. The fraction of sp³-hybridized carbons (Fsp3) is 0.632. The van der Waals surface area contributed by atoms with Crippen molar-refractivity contribution in [3.05, 3.63) is 29.4 Å². The zero-order chi connectivity index (χ0) is 17.5. The van der Waals surface area contributed by atoms with E-state index in [9.17, 15) is 4.79 Å². The summed E-state index contributed by atoms with van der Waals surface area (Å²) < 4.78 is 5.59. The van der Waals surface area contributed by atoms with Gasteiger partial charge in [0.1, 0.15) is 5.60 Å². The second kappa shape index (κ2) is 6.19. The van der Waals surface area contributed by atoms with Crippen molar-refractivity contribution in [3.63, 3.8) is 0 Å². The summed E-state index contributed by atoms with van der Waals surface area (Å²) in [5.74, 6) is 1.41. The molecule has 3 atom stereocenters. The number of fused-ring (bicyclic) bond motifs is 1. The first-order valence-electron chi connectivity index (χ1n) is 8.71. The molecule has 0 bridgehead atoms. The molecule has 5 heteroatoms. The van der Waals surface area contributed by atoms with E-state index in [2.05, 4.69) is 16.0 Å². The minimum absolute atomic E-state index is 0.0759. The van der Waals surface area contributed by atoms with Gasteiger partial charge < -0.3 is 9.64 Å². The summed E-state index contributed by atoms with van der Waals surface area (Å²) in [5.41, 5.74) is 2.25. The van der Waals surface area contributed by atoms with Crippen LogP contribution in [0.15, 0.2) is 12.3 Å². The monoisotopic (exact) mass is 329 g/mol. The smallest absolute Gasteiger partial charge is 0.410 e. The number of piperidine rings is 1. The number of rotatable bonds is 2. The number of hydrogen-bond acceptors (Lipinski definition) is 4. The van der Waals surface area contributed by atoms with Crippen LogP contribution in [0, 0.1) is 25.7 Å². The van der Waals surface area contributed by atoms with Gasteiger partial charge in [-0.25, -0.2) is 4.79 Å². The lowest BCUT2D eigenvalue weighted by atomic mass is 10.0. The van der Waals surface area contributed by atoms with Crippen LogP contribution < -0.4 is 0 Å². The van der Waals surface area contributed by atoms with Crippen LogP contribution in [0.1, 0.15) is 50.7 Å². The summed E-state index contributed by atoms with van der Waals surface area (Å²) in [7, 11) is 0. The van der Waals surface area contributed by atoms with Crippen LogP contribution in [0.5, 0.6) is 0 Å². The molecule has 1 aromatic heterocycles. The number of aryl methyl sites for hydroxylation is 2. The van der Waals surface area contributed by atoms with Crippen LogP contribution >= 0.6 is 0 Å². The highest BCUT2D eigenvalue weighted by Gasteiger charge is 2.47. The predicted octanol–water partition coefficient (Wildman–Crippen LogP) is 3.75. The van der Waals surface area contributed by atoms with Gasteiger partial charge >= 0.3 is 6.09 Å². The van der Waals surface area contributed by atoms with E-state index >= 15 is 0 Å². The summed E-state index contributed by atoms with van der Waals surface area (Å²) in [6.45, 7) is 10.4. The van der Waals surface area contributed by atoms with E-state index in [0.29, 0.717) is 5.92 Å². The first-order chi connectivity index (χ1) is 11.2. The molecular formula is C19H27N3O2. The van der Waals surface area contributed by atoms with E-state index in [1.165, 1.54) is 6.42 Å². The minimum Gasteiger partial charge on any atom is -0.444 e. The highest BCUT2D eigenvalue weighted by atomic mass is 16.6. The lowest BCUT2D eigenvalue weighted by Crippen LogP contribution is -2.46. The van der Waals surface area contributed by atoms with Crippen LogP contribution in [0.3, 0.4) is 0 Å². The van der Waals surface area contributed by atoms with E-state index in [1.807, 2.05) is 45.6 Å². The molecule has 130 valence electrons. The number of carbonyl (C=O) groups excluding carboxylic acids is 1. The molecule has 1 amide bonds. The van der Waals surface area contributed by atoms with Crippen LogP contribution in [0.25, 0.3) is 6.08 Å². The Kier molecular flexibility index (Phi) is 4.37. The van der Waals surface area contributed by atoms with Crippen molar-refractivity contribution in [1.29, 1.82) is 0 Å². The van der Waals surface area contributed by atoms with Crippen molar-refractivity contribution in [2.75, 3.05) is 6.54 Å². The standard InChI is InChI=1S/C19H27N3O2/c1-12-13(2)21-16(10-20-12)6-7-17-9-14-8-15(14)11-22(17)18(23)24-19(3,4)5/h6-7,10,14-15,17H,8-9,11H2,1-5H3/t14-,15+,17-/m1/s1. The van der Waals surface area contributed by atoms with Gasteiger partial charge in [-0.3, -0.25) is 9.97 Å². The Morgan fingerprint density at radius 1 is 1.25 bits per heavy atom. The quantitative estimate of drug-likeness (QED) is 0.829. The van der Waals surface area contributed by atoms with E-state index in [-0.39, 0.29) is 12.1 Å². The van der Waals surface area contributed by atoms with Crippen molar-refractivity contribution in [1.82, 2.24) is 14.9 Å². The number of amides is 1. The third-order valence-corrected chi connectivity index (χ3v) is 4.77. The molecule has 0 N–H and O–H groups in total. The first kappa shape index (κ1) is 16.9. The van der Waals surface area contributed by atoms with E-state index in [4.69, 9.17) is 4.74 Å². The van der Waals surface area contributed by atoms with Crippen LogP contribution in [0.2, 0.25) is 0 Å². The molecule has 1 aliphatic heterocycles. The second-order valence-electron chi connectivity index (χ2n) is 8.02. The lowest BCUT2D eigenvalue weighted by molar-refractivity contribution is 0.0140. The van der Waals surface area contributed by atoms with Gasteiger partial charge in [-0.1, -0.05) is 6.08 Å². The zero-order valence-corrected chi connectivity index (χ0v) is 15.2. The number of nitrogens with zero attached hydrogens (tertiary/aromatic N) is 3. The number of hydrogen-bond donors (Lipinski definition) is 0. The molecule has 3 rings (SSSR count). The molecule has 2 heterocycles. The molecule has 2 aliphatic rings. The number of aromatic nitrogens is 2. The van der Waals surface area contributed by atoms with Crippen molar-refractivity contribution in [3.8, 4) is 0 Å². The average Bonchev–Trinajstić information content (AvgIpc) is 3.24. The topological polar surface area (TPSA) is 55.3 Å². The fourth-order valence-electron chi connectivity index (χ4n) is 3.21. The van der Waals surface area contributed by atoms with Crippen molar-refractivity contribution >= 4 is 12.2 Å². The van der Waals surface area contributed by atoms with E-state index in [0.717, 1.165) is 36.0 Å². The van der Waals surface area contributed by atoms with Gasteiger partial charge in [0, 0.05) is 6.54 Å². The van der Waals surface area contributed by atoms with E-state index < -0.39 is 5.60 Å². The zero-order valence-electron chi connectivity index (χ0n) is 15.2. The number of ether oxygens (including phenoxy) is 1. The maximum absolute atomic E-state index is 12.5. The molecule has 5 nitrogen and oxygen atoms in total. The minimum atomic E-state index is -0.467. The number of carbonyl (C=O) groups is 1. The average molecular weight is 329 g/mol. The van der Waals surface area contributed by atoms with Crippen molar-refractivity contribution in [2.45, 2.75) is 59.1 Å². The van der Waals surface area contributed by atoms with Crippen molar-refractivity contribution < 1.29 is 9.53 Å². The first-order valence-corrected chi connectivity index (χ1v) is 8.71. The van der Waals surface area contributed by atoms with Crippen LogP contribution in [0.4, 0.5) is 4.79 Å². The Morgan fingerprint density at radius 3 is 2.67 bits per heavy atom. The summed E-state index contributed by atoms with van der Waals surface area (Å²) in [4.78, 5) is 23.3.